The molecule has 0 aliphatic rings. The standard InChI is InChI=1S/C21H29N3O4S/c1-5-15(29-16-9-7-6-8-10-16)13-24-14-23-19(20(26)27)17(24)11-22-12-18(25)28-21(2,3)4/h6-10,14-15,22H,5,11-13H2,1-4H3,(H,26,27). The van der Waals surface area contributed by atoms with Crippen molar-refractivity contribution in [2.75, 3.05) is 6.54 Å². The molecular weight excluding hydrogens is 390 g/mol. The first kappa shape index (κ1) is 23.0. The van der Waals surface area contributed by atoms with E-state index in [-0.39, 0.29) is 30.0 Å². The lowest BCUT2D eigenvalue weighted by molar-refractivity contribution is -0.153. The van der Waals surface area contributed by atoms with Crippen LogP contribution in [0, 0.1) is 0 Å². The van der Waals surface area contributed by atoms with Crippen LogP contribution < -0.4 is 5.32 Å². The van der Waals surface area contributed by atoms with E-state index in [1.54, 1.807) is 38.9 Å². The van der Waals surface area contributed by atoms with Crippen LogP contribution in [0.5, 0.6) is 0 Å². The fraction of sp³-hybridized carbons (Fsp3) is 0.476. The van der Waals surface area contributed by atoms with Crippen molar-refractivity contribution in [3.05, 3.63) is 48.0 Å². The molecule has 0 amide bonds. The molecule has 1 aromatic carbocycles. The Morgan fingerprint density at radius 3 is 2.55 bits per heavy atom. The van der Waals surface area contributed by atoms with Gasteiger partial charge in [0.25, 0.3) is 0 Å². The van der Waals surface area contributed by atoms with Crippen molar-refractivity contribution in [3.63, 3.8) is 0 Å². The molecular formula is C21H29N3O4S. The zero-order chi connectivity index (χ0) is 21.4. The van der Waals surface area contributed by atoms with Crippen LogP contribution in [0.25, 0.3) is 0 Å². The summed E-state index contributed by atoms with van der Waals surface area (Å²) in [6.07, 6.45) is 2.48. The first-order valence-electron chi connectivity index (χ1n) is 9.61. The first-order valence-corrected chi connectivity index (χ1v) is 10.5. The van der Waals surface area contributed by atoms with E-state index in [1.165, 1.54) is 4.90 Å². The number of hydrogen-bond donors (Lipinski definition) is 2. The molecule has 8 heteroatoms. The van der Waals surface area contributed by atoms with E-state index in [4.69, 9.17) is 4.74 Å². The number of nitrogens with one attached hydrogen (secondary N) is 1. The summed E-state index contributed by atoms with van der Waals surface area (Å²) in [7, 11) is 0. The van der Waals surface area contributed by atoms with Gasteiger partial charge in [-0.2, -0.15) is 0 Å². The molecule has 2 N–H and O–H groups in total. The Kier molecular flexibility index (Phi) is 8.28. The van der Waals surface area contributed by atoms with Crippen molar-refractivity contribution in [3.8, 4) is 0 Å². The number of nitrogens with zero attached hydrogens (tertiary/aromatic N) is 2. The van der Waals surface area contributed by atoms with Gasteiger partial charge in [0.1, 0.15) is 5.60 Å². The number of carboxylic acids is 1. The maximum atomic E-state index is 11.9. The number of benzene rings is 1. The molecule has 158 valence electrons. The average molecular weight is 420 g/mol. The number of carboxylic acid groups (broad SMARTS) is 1. The van der Waals surface area contributed by atoms with Gasteiger partial charge in [0.05, 0.1) is 18.6 Å². The van der Waals surface area contributed by atoms with Crippen molar-refractivity contribution in [2.24, 2.45) is 0 Å². The Balaban J connectivity index is 2.06. The molecule has 1 unspecified atom stereocenters. The van der Waals surface area contributed by atoms with Crippen LogP contribution >= 0.6 is 11.8 Å². The second-order valence-electron chi connectivity index (χ2n) is 7.65. The van der Waals surface area contributed by atoms with E-state index < -0.39 is 11.6 Å². The predicted molar refractivity (Wildman–Crippen MR) is 113 cm³/mol. The highest BCUT2D eigenvalue weighted by Gasteiger charge is 2.21. The number of aromatic nitrogens is 2. The molecule has 0 aliphatic heterocycles. The third-order valence-electron chi connectivity index (χ3n) is 4.03. The minimum absolute atomic E-state index is 0.00116. The first-order chi connectivity index (χ1) is 13.7. The van der Waals surface area contributed by atoms with Crippen molar-refractivity contribution < 1.29 is 19.4 Å². The quantitative estimate of drug-likeness (QED) is 0.449. The average Bonchev–Trinajstić information content (AvgIpc) is 3.03. The van der Waals surface area contributed by atoms with Gasteiger partial charge >= 0.3 is 11.9 Å². The van der Waals surface area contributed by atoms with E-state index in [2.05, 4.69) is 29.4 Å². The van der Waals surface area contributed by atoms with Gasteiger partial charge in [-0.3, -0.25) is 4.79 Å². The number of hydrogen-bond acceptors (Lipinski definition) is 6. The van der Waals surface area contributed by atoms with Gasteiger partial charge in [0.2, 0.25) is 0 Å². The maximum absolute atomic E-state index is 11.9. The Hall–Kier alpha value is -2.32. The van der Waals surface area contributed by atoms with Gasteiger partial charge in [-0.05, 0) is 39.3 Å². The van der Waals surface area contributed by atoms with Crippen LogP contribution in [-0.4, -0.2) is 44.0 Å². The van der Waals surface area contributed by atoms with E-state index in [0.29, 0.717) is 12.2 Å². The fourth-order valence-electron chi connectivity index (χ4n) is 2.75. The predicted octanol–water partition coefficient (Wildman–Crippen LogP) is 3.58. The molecule has 0 saturated carbocycles. The Bertz CT molecular complexity index is 815. The molecule has 0 aliphatic carbocycles. The molecule has 0 radical (unpaired) electrons. The summed E-state index contributed by atoms with van der Waals surface area (Å²) in [5.74, 6) is -1.46. The van der Waals surface area contributed by atoms with Crippen molar-refractivity contribution in [1.82, 2.24) is 14.9 Å². The minimum Gasteiger partial charge on any atom is -0.476 e. The number of thioether (sulfide) groups is 1. The van der Waals surface area contributed by atoms with Crippen LogP contribution in [-0.2, 0) is 22.6 Å². The maximum Gasteiger partial charge on any atom is 0.356 e. The molecule has 0 saturated heterocycles. The summed E-state index contributed by atoms with van der Waals surface area (Å²) in [6, 6.07) is 10.1. The summed E-state index contributed by atoms with van der Waals surface area (Å²) < 4.78 is 7.13. The number of carbonyl (C=O) groups is 2. The minimum atomic E-state index is -1.08. The Morgan fingerprint density at radius 1 is 1.28 bits per heavy atom. The van der Waals surface area contributed by atoms with Gasteiger partial charge in [-0.25, -0.2) is 9.78 Å². The van der Waals surface area contributed by atoms with Crippen LogP contribution in [0.2, 0.25) is 0 Å². The van der Waals surface area contributed by atoms with Gasteiger partial charge in [-0.15, -0.1) is 11.8 Å². The highest BCUT2D eigenvalue weighted by molar-refractivity contribution is 8.00. The monoisotopic (exact) mass is 419 g/mol. The van der Waals surface area contributed by atoms with Gasteiger partial charge in [0.15, 0.2) is 5.69 Å². The third-order valence-corrected chi connectivity index (χ3v) is 5.39. The van der Waals surface area contributed by atoms with E-state index in [1.807, 2.05) is 22.8 Å². The van der Waals surface area contributed by atoms with Crippen molar-refractivity contribution in [2.45, 2.75) is 63.0 Å². The van der Waals surface area contributed by atoms with Gasteiger partial charge in [-0.1, -0.05) is 25.1 Å². The summed E-state index contributed by atoms with van der Waals surface area (Å²) >= 11 is 1.75. The summed E-state index contributed by atoms with van der Waals surface area (Å²) in [5.41, 5.74) is -0.00936. The van der Waals surface area contributed by atoms with Crippen LogP contribution in [0.1, 0.15) is 50.3 Å². The number of ether oxygens (including phenoxy) is 1. The molecule has 0 fully saturated rings. The Labute approximate surface area is 175 Å². The van der Waals surface area contributed by atoms with Crippen LogP contribution in [0.4, 0.5) is 0 Å². The van der Waals surface area contributed by atoms with Crippen molar-refractivity contribution >= 4 is 23.7 Å². The number of rotatable bonds is 10. The topological polar surface area (TPSA) is 93.5 Å². The van der Waals surface area contributed by atoms with Crippen LogP contribution in [0.15, 0.2) is 41.6 Å². The molecule has 2 aromatic rings. The molecule has 1 aromatic heterocycles. The Morgan fingerprint density at radius 2 is 1.97 bits per heavy atom. The zero-order valence-corrected chi connectivity index (χ0v) is 18.2. The second-order valence-corrected chi connectivity index (χ2v) is 9.02. The van der Waals surface area contributed by atoms with Crippen molar-refractivity contribution in [1.29, 1.82) is 0 Å². The number of carbonyl (C=O) groups excluding carboxylic acids is 1. The molecule has 0 bridgehead atoms. The molecule has 7 nitrogen and oxygen atoms in total. The lowest BCUT2D eigenvalue weighted by Gasteiger charge is -2.20. The highest BCUT2D eigenvalue weighted by Crippen LogP contribution is 2.27. The molecule has 2 rings (SSSR count). The summed E-state index contributed by atoms with van der Waals surface area (Å²) in [5, 5.41) is 12.7. The lowest BCUT2D eigenvalue weighted by Crippen LogP contribution is -2.32. The lowest BCUT2D eigenvalue weighted by atomic mass is 10.2. The smallest absolute Gasteiger partial charge is 0.356 e. The molecule has 1 atom stereocenters. The zero-order valence-electron chi connectivity index (χ0n) is 17.3. The third kappa shape index (κ3) is 7.55. The normalized spacial score (nSPS) is 12.6. The van der Waals surface area contributed by atoms with E-state index in [0.717, 1.165) is 6.42 Å². The molecule has 0 spiro atoms. The van der Waals surface area contributed by atoms with Gasteiger partial charge in [0, 0.05) is 23.2 Å². The number of aromatic carboxylic acids is 1. The van der Waals surface area contributed by atoms with Gasteiger partial charge < -0.3 is 19.7 Å². The highest BCUT2D eigenvalue weighted by atomic mass is 32.2. The second kappa shape index (κ2) is 10.5. The molecule has 1 heterocycles. The largest absolute Gasteiger partial charge is 0.476 e. The SMILES string of the molecule is CCC(Cn1cnc(C(=O)O)c1CNCC(=O)OC(C)(C)C)Sc1ccccc1. The summed E-state index contributed by atoms with van der Waals surface area (Å²) in [4.78, 5) is 28.7. The van der Waals surface area contributed by atoms with E-state index >= 15 is 0 Å². The number of imidazole rings is 1. The molecule has 29 heavy (non-hydrogen) atoms. The fourth-order valence-corrected chi connectivity index (χ4v) is 3.85. The number of esters is 1. The van der Waals surface area contributed by atoms with E-state index in [9.17, 15) is 14.7 Å². The summed E-state index contributed by atoms with van der Waals surface area (Å²) in [6.45, 7) is 8.36. The van der Waals surface area contributed by atoms with Crippen LogP contribution in [0.3, 0.4) is 0 Å².